The van der Waals surface area contributed by atoms with Gasteiger partial charge in [0.25, 0.3) is 5.56 Å². The van der Waals surface area contributed by atoms with Gasteiger partial charge in [0.15, 0.2) is 6.23 Å². The maximum Gasteiger partial charge on any atom is 0.331 e. The van der Waals surface area contributed by atoms with Gasteiger partial charge in [0.1, 0.15) is 12.4 Å². The third-order valence-electron chi connectivity index (χ3n) is 4.74. The summed E-state index contributed by atoms with van der Waals surface area (Å²) in [4.78, 5) is 26.3. The number of ether oxygens (including phenoxy) is 2. The molecule has 1 atom stereocenters. The van der Waals surface area contributed by atoms with Gasteiger partial charge in [-0.15, -0.1) is 0 Å². The van der Waals surface area contributed by atoms with Crippen molar-refractivity contribution in [1.82, 2.24) is 9.55 Å². The van der Waals surface area contributed by atoms with E-state index in [4.69, 9.17) is 14.6 Å². The molecule has 2 heterocycles. The maximum absolute atomic E-state index is 12.0. The molecule has 0 amide bonds. The summed E-state index contributed by atoms with van der Waals surface area (Å²) in [5, 5.41) is 9.10. The van der Waals surface area contributed by atoms with Gasteiger partial charge >= 0.3 is 5.69 Å². The highest BCUT2D eigenvalue weighted by Gasteiger charge is 2.21. The number of H-pyrrole nitrogens is 1. The van der Waals surface area contributed by atoms with Crippen LogP contribution in [0, 0.1) is 0 Å². The minimum atomic E-state index is -0.539. The van der Waals surface area contributed by atoms with E-state index in [9.17, 15) is 9.59 Å². The van der Waals surface area contributed by atoms with E-state index in [0.717, 1.165) is 12.8 Å². The first-order chi connectivity index (χ1) is 13.2. The van der Waals surface area contributed by atoms with Gasteiger partial charge in [0.05, 0.1) is 12.2 Å². The van der Waals surface area contributed by atoms with Gasteiger partial charge in [-0.2, -0.15) is 0 Å². The first-order valence-corrected chi connectivity index (χ1v) is 10.0. The molecule has 1 aliphatic rings. The zero-order valence-corrected chi connectivity index (χ0v) is 16.2. The van der Waals surface area contributed by atoms with Gasteiger partial charge in [-0.1, -0.05) is 51.9 Å². The van der Waals surface area contributed by atoms with E-state index in [1.165, 1.54) is 49.3 Å². The molecule has 0 fully saturated rings. The molecule has 1 aromatic rings. The van der Waals surface area contributed by atoms with Gasteiger partial charge in [-0.25, -0.2) is 4.79 Å². The lowest BCUT2D eigenvalue weighted by molar-refractivity contribution is 0.0578. The summed E-state index contributed by atoms with van der Waals surface area (Å²) in [6, 6.07) is 0. The highest BCUT2D eigenvalue weighted by Crippen LogP contribution is 2.24. The van der Waals surface area contributed by atoms with Gasteiger partial charge in [0, 0.05) is 19.2 Å². The van der Waals surface area contributed by atoms with Crippen molar-refractivity contribution < 1.29 is 14.6 Å². The topological polar surface area (TPSA) is 93.6 Å². The second-order valence-corrected chi connectivity index (χ2v) is 6.99. The Labute approximate surface area is 160 Å². The molecule has 7 nitrogen and oxygen atoms in total. The van der Waals surface area contributed by atoms with Crippen LogP contribution >= 0.6 is 0 Å². The van der Waals surface area contributed by atoms with Crippen molar-refractivity contribution in [3.63, 3.8) is 0 Å². The lowest BCUT2D eigenvalue weighted by Crippen LogP contribution is -2.34. The number of unbranched alkanes of at least 4 members (excludes halogenated alkanes) is 7. The monoisotopic (exact) mass is 380 g/mol. The van der Waals surface area contributed by atoms with Crippen LogP contribution in [0.15, 0.2) is 27.6 Å². The fourth-order valence-corrected chi connectivity index (χ4v) is 3.14. The SMILES string of the molecule is CCCCCCCCCCOCc1cn(C2CC=C(CO)O2)c(=O)[nH]c1=O. The molecule has 0 aromatic carbocycles. The molecule has 0 bridgehead atoms. The lowest BCUT2D eigenvalue weighted by atomic mass is 10.1. The average Bonchev–Trinajstić information content (AvgIpc) is 3.13. The molecule has 1 unspecified atom stereocenters. The van der Waals surface area contributed by atoms with Gasteiger partial charge < -0.3 is 14.6 Å². The number of aliphatic hydroxyl groups excluding tert-OH is 1. The molecular weight excluding hydrogens is 348 g/mol. The normalized spacial score (nSPS) is 16.4. The number of hydrogen-bond acceptors (Lipinski definition) is 5. The molecule has 152 valence electrons. The Kier molecular flexibility index (Phi) is 9.35. The van der Waals surface area contributed by atoms with E-state index in [1.54, 1.807) is 6.08 Å². The van der Waals surface area contributed by atoms with E-state index in [1.807, 2.05) is 0 Å². The van der Waals surface area contributed by atoms with Crippen LogP contribution in [-0.4, -0.2) is 27.9 Å². The number of aromatic nitrogens is 2. The highest BCUT2D eigenvalue weighted by atomic mass is 16.5. The second-order valence-electron chi connectivity index (χ2n) is 6.99. The van der Waals surface area contributed by atoms with E-state index < -0.39 is 17.5 Å². The molecule has 7 heteroatoms. The number of nitrogens with one attached hydrogen (secondary N) is 1. The molecule has 0 spiro atoms. The molecule has 2 N–H and O–H groups in total. The van der Waals surface area contributed by atoms with E-state index in [-0.39, 0.29) is 13.2 Å². The van der Waals surface area contributed by atoms with Crippen molar-refractivity contribution in [1.29, 1.82) is 0 Å². The van der Waals surface area contributed by atoms with E-state index >= 15 is 0 Å². The van der Waals surface area contributed by atoms with Gasteiger partial charge in [-0.3, -0.25) is 14.3 Å². The fourth-order valence-electron chi connectivity index (χ4n) is 3.14. The Hall–Kier alpha value is -1.86. The van der Waals surface area contributed by atoms with Crippen LogP contribution in [0.5, 0.6) is 0 Å². The quantitative estimate of drug-likeness (QED) is 0.513. The predicted octanol–water partition coefficient (Wildman–Crippen LogP) is 2.99. The molecule has 27 heavy (non-hydrogen) atoms. The summed E-state index contributed by atoms with van der Waals surface area (Å²) in [6.45, 7) is 2.78. The minimum Gasteiger partial charge on any atom is -0.472 e. The zero-order valence-electron chi connectivity index (χ0n) is 16.2. The third-order valence-corrected chi connectivity index (χ3v) is 4.74. The highest BCUT2D eigenvalue weighted by molar-refractivity contribution is 5.06. The smallest absolute Gasteiger partial charge is 0.331 e. The summed E-state index contributed by atoms with van der Waals surface area (Å²) in [5.41, 5.74) is -0.555. The van der Waals surface area contributed by atoms with Gasteiger partial charge in [-0.05, 0) is 12.5 Å². The third kappa shape index (κ3) is 6.99. The molecule has 1 aromatic heterocycles. The van der Waals surface area contributed by atoms with Crippen molar-refractivity contribution in [2.45, 2.75) is 77.5 Å². The number of aromatic amines is 1. The average molecular weight is 380 g/mol. The molecule has 0 radical (unpaired) electrons. The molecule has 2 rings (SSSR count). The van der Waals surface area contributed by atoms with Crippen molar-refractivity contribution in [2.75, 3.05) is 13.2 Å². The number of hydrogen-bond donors (Lipinski definition) is 2. The van der Waals surface area contributed by atoms with Crippen LogP contribution in [0.2, 0.25) is 0 Å². The number of nitrogens with zero attached hydrogens (tertiary/aromatic N) is 1. The summed E-state index contributed by atoms with van der Waals surface area (Å²) >= 11 is 0. The van der Waals surface area contributed by atoms with Crippen molar-refractivity contribution >= 4 is 0 Å². The second kappa shape index (κ2) is 11.8. The Balaban J connectivity index is 1.73. The van der Waals surface area contributed by atoms with Crippen molar-refractivity contribution in [3.05, 3.63) is 44.4 Å². The lowest BCUT2D eigenvalue weighted by Gasteiger charge is -2.16. The Morgan fingerprint density at radius 1 is 1.19 bits per heavy atom. The first kappa shape index (κ1) is 21.4. The fraction of sp³-hybridized carbons (Fsp3) is 0.700. The Morgan fingerprint density at radius 2 is 1.89 bits per heavy atom. The Morgan fingerprint density at radius 3 is 2.56 bits per heavy atom. The van der Waals surface area contributed by atoms with Crippen molar-refractivity contribution in [3.8, 4) is 0 Å². The van der Waals surface area contributed by atoms with Crippen molar-refractivity contribution in [2.24, 2.45) is 0 Å². The number of rotatable bonds is 13. The largest absolute Gasteiger partial charge is 0.472 e. The van der Waals surface area contributed by atoms with Crippen LogP contribution < -0.4 is 11.2 Å². The molecule has 1 aliphatic heterocycles. The zero-order chi connectivity index (χ0) is 19.5. The minimum absolute atomic E-state index is 0.166. The molecule has 0 aliphatic carbocycles. The van der Waals surface area contributed by atoms with Gasteiger partial charge in [0.2, 0.25) is 0 Å². The summed E-state index contributed by atoms with van der Waals surface area (Å²) in [6.07, 6.45) is 13.0. The summed E-state index contributed by atoms with van der Waals surface area (Å²) in [5.74, 6) is 0.436. The maximum atomic E-state index is 12.0. The van der Waals surface area contributed by atoms with Crippen LogP contribution in [0.3, 0.4) is 0 Å². The van der Waals surface area contributed by atoms with Crippen LogP contribution in [0.4, 0.5) is 0 Å². The molecular formula is C20H32N2O5. The number of aliphatic hydroxyl groups is 1. The van der Waals surface area contributed by atoms with Crippen LogP contribution in [-0.2, 0) is 16.1 Å². The van der Waals surface area contributed by atoms with E-state index in [2.05, 4.69) is 11.9 Å². The predicted molar refractivity (Wildman–Crippen MR) is 103 cm³/mol. The summed E-state index contributed by atoms with van der Waals surface area (Å²) in [7, 11) is 0. The van der Waals surface area contributed by atoms with Crippen LogP contribution in [0.25, 0.3) is 0 Å². The standard InChI is InChI=1S/C20H32N2O5/c1-2-3-4-5-6-7-8-9-12-26-15-16-13-22(20(25)21-19(16)24)18-11-10-17(14-23)27-18/h10,13,18,23H,2-9,11-12,14-15H2,1H3,(H,21,24,25). The Bertz CT molecular complexity index is 707. The van der Waals surface area contributed by atoms with Crippen LogP contribution in [0.1, 0.15) is 76.5 Å². The molecule has 0 saturated carbocycles. The molecule has 0 saturated heterocycles. The first-order valence-electron chi connectivity index (χ1n) is 10.0. The van der Waals surface area contributed by atoms with E-state index in [0.29, 0.717) is 24.4 Å². The summed E-state index contributed by atoms with van der Waals surface area (Å²) < 4.78 is 12.4.